The lowest BCUT2D eigenvalue weighted by Crippen LogP contribution is -2.55. The Hall–Kier alpha value is -1.95. The van der Waals surface area contributed by atoms with Crippen molar-refractivity contribution in [2.24, 2.45) is 0 Å². The number of benzene rings is 1. The van der Waals surface area contributed by atoms with Gasteiger partial charge in [0.15, 0.2) is 5.60 Å². The molecule has 0 atom stereocenters. The largest absolute Gasteiger partial charge is 0.479 e. The SMILES string of the molecule is O=C(O)C1(O)CCN(C(=O)C2(c3ccc(F)cc3)CCCCC2)CC1. The number of carbonyl (C=O) groups excluding carboxylic acids is 1. The Balaban J connectivity index is 1.84. The molecule has 0 aromatic heterocycles. The van der Waals surface area contributed by atoms with E-state index in [9.17, 15) is 19.1 Å². The number of likely N-dealkylation sites (tertiary alicyclic amines) is 1. The van der Waals surface area contributed by atoms with Crippen molar-refractivity contribution in [2.45, 2.75) is 56.0 Å². The molecule has 1 saturated heterocycles. The monoisotopic (exact) mass is 349 g/mol. The zero-order chi connectivity index (χ0) is 18.1. The van der Waals surface area contributed by atoms with E-state index in [0.717, 1.165) is 37.7 Å². The molecule has 6 heteroatoms. The van der Waals surface area contributed by atoms with E-state index in [1.54, 1.807) is 17.0 Å². The summed E-state index contributed by atoms with van der Waals surface area (Å²) in [6.45, 7) is 0.454. The van der Waals surface area contributed by atoms with Gasteiger partial charge in [-0.1, -0.05) is 31.4 Å². The number of carbonyl (C=O) groups is 2. The number of aliphatic hydroxyl groups is 1. The number of rotatable bonds is 3. The number of hydrogen-bond donors (Lipinski definition) is 2. The van der Waals surface area contributed by atoms with E-state index in [4.69, 9.17) is 5.11 Å². The number of aliphatic carboxylic acids is 1. The topological polar surface area (TPSA) is 77.8 Å². The van der Waals surface area contributed by atoms with Gasteiger partial charge in [-0.2, -0.15) is 0 Å². The van der Waals surface area contributed by atoms with Crippen molar-refractivity contribution in [2.75, 3.05) is 13.1 Å². The van der Waals surface area contributed by atoms with Gasteiger partial charge in [-0.05, 0) is 30.5 Å². The van der Waals surface area contributed by atoms with Gasteiger partial charge in [0, 0.05) is 25.9 Å². The fourth-order valence-electron chi connectivity index (χ4n) is 4.15. The van der Waals surface area contributed by atoms with Crippen LogP contribution >= 0.6 is 0 Å². The lowest BCUT2D eigenvalue weighted by Gasteiger charge is -2.43. The number of piperidine rings is 1. The Kier molecular flexibility index (Phi) is 4.82. The van der Waals surface area contributed by atoms with E-state index in [0.29, 0.717) is 0 Å². The van der Waals surface area contributed by atoms with Crippen LogP contribution in [0.3, 0.4) is 0 Å². The predicted molar refractivity (Wildman–Crippen MR) is 89.6 cm³/mol. The summed E-state index contributed by atoms with van der Waals surface area (Å²) in [6.07, 6.45) is 4.47. The summed E-state index contributed by atoms with van der Waals surface area (Å²) in [4.78, 5) is 26.2. The smallest absolute Gasteiger partial charge is 0.335 e. The van der Waals surface area contributed by atoms with Crippen molar-refractivity contribution in [3.05, 3.63) is 35.6 Å². The van der Waals surface area contributed by atoms with Gasteiger partial charge in [0.05, 0.1) is 5.41 Å². The standard InChI is InChI=1S/C19H24FNO4/c20-15-6-4-14(5-7-15)18(8-2-1-3-9-18)16(22)21-12-10-19(25,11-13-21)17(23)24/h4-7,25H,1-3,8-13H2,(H,23,24). The maximum Gasteiger partial charge on any atom is 0.335 e. The van der Waals surface area contributed by atoms with Gasteiger partial charge in [0.2, 0.25) is 5.91 Å². The lowest BCUT2D eigenvalue weighted by atomic mass is 9.68. The van der Waals surface area contributed by atoms with Crippen LogP contribution in [0.2, 0.25) is 0 Å². The number of halogens is 1. The Morgan fingerprint density at radius 3 is 2.04 bits per heavy atom. The third-order valence-electron chi connectivity index (χ3n) is 5.79. The second kappa shape index (κ2) is 6.75. The maximum absolute atomic E-state index is 13.3. The van der Waals surface area contributed by atoms with Crippen LogP contribution in [0.4, 0.5) is 4.39 Å². The summed E-state index contributed by atoms with van der Waals surface area (Å²) in [7, 11) is 0. The molecule has 0 radical (unpaired) electrons. The molecule has 3 rings (SSSR count). The van der Waals surface area contributed by atoms with E-state index in [1.807, 2.05) is 0 Å². The quantitative estimate of drug-likeness (QED) is 0.879. The summed E-state index contributed by atoms with van der Waals surface area (Å²) in [6, 6.07) is 6.16. The minimum absolute atomic E-state index is 0.0220. The highest BCUT2D eigenvalue weighted by Crippen LogP contribution is 2.42. The minimum Gasteiger partial charge on any atom is -0.479 e. The number of carboxylic acid groups (broad SMARTS) is 1. The molecule has 2 fully saturated rings. The number of hydrogen-bond acceptors (Lipinski definition) is 3. The highest BCUT2D eigenvalue weighted by atomic mass is 19.1. The van der Waals surface area contributed by atoms with Crippen LogP contribution in [0, 0.1) is 5.82 Å². The van der Waals surface area contributed by atoms with Gasteiger partial charge in [-0.25, -0.2) is 9.18 Å². The van der Waals surface area contributed by atoms with Gasteiger partial charge in [-0.3, -0.25) is 4.79 Å². The van der Waals surface area contributed by atoms with Gasteiger partial charge >= 0.3 is 5.97 Å². The van der Waals surface area contributed by atoms with E-state index in [-0.39, 0.29) is 37.7 Å². The molecule has 25 heavy (non-hydrogen) atoms. The second-order valence-corrected chi connectivity index (χ2v) is 7.28. The van der Waals surface area contributed by atoms with Crippen molar-refractivity contribution in [1.29, 1.82) is 0 Å². The molecule has 1 aliphatic heterocycles. The highest BCUT2D eigenvalue weighted by Gasteiger charge is 2.47. The highest BCUT2D eigenvalue weighted by molar-refractivity contribution is 5.89. The molecular formula is C19H24FNO4. The van der Waals surface area contributed by atoms with Gasteiger partial charge in [-0.15, -0.1) is 0 Å². The first-order valence-corrected chi connectivity index (χ1v) is 8.89. The molecule has 0 bridgehead atoms. The third kappa shape index (κ3) is 3.27. The molecule has 1 heterocycles. The molecule has 5 nitrogen and oxygen atoms in total. The third-order valence-corrected chi connectivity index (χ3v) is 5.79. The first-order chi connectivity index (χ1) is 11.9. The fourth-order valence-corrected chi connectivity index (χ4v) is 4.15. The predicted octanol–water partition coefficient (Wildman–Crippen LogP) is 2.47. The molecule has 0 spiro atoms. The molecule has 1 aliphatic carbocycles. The van der Waals surface area contributed by atoms with Crippen molar-refractivity contribution < 1.29 is 24.2 Å². The fraction of sp³-hybridized carbons (Fsp3) is 0.579. The number of amides is 1. The molecule has 1 amide bonds. The first-order valence-electron chi connectivity index (χ1n) is 8.89. The number of carboxylic acids is 1. The molecule has 0 unspecified atom stereocenters. The normalized spacial score (nSPS) is 22.4. The van der Waals surface area contributed by atoms with E-state index >= 15 is 0 Å². The van der Waals surface area contributed by atoms with E-state index in [1.165, 1.54) is 12.1 Å². The summed E-state index contributed by atoms with van der Waals surface area (Å²) in [5.41, 5.74) is -1.57. The van der Waals surface area contributed by atoms with Crippen LogP contribution in [-0.4, -0.2) is 45.7 Å². The lowest BCUT2D eigenvalue weighted by molar-refractivity contribution is -0.166. The van der Waals surface area contributed by atoms with Crippen molar-refractivity contribution in [1.82, 2.24) is 4.90 Å². The zero-order valence-electron chi connectivity index (χ0n) is 14.2. The summed E-state index contributed by atoms with van der Waals surface area (Å²) in [5, 5.41) is 19.2. The number of nitrogens with zero attached hydrogens (tertiary/aromatic N) is 1. The molecule has 1 aromatic rings. The van der Waals surface area contributed by atoms with Crippen LogP contribution in [0.5, 0.6) is 0 Å². The van der Waals surface area contributed by atoms with E-state index in [2.05, 4.69) is 0 Å². The van der Waals surface area contributed by atoms with Crippen LogP contribution < -0.4 is 0 Å². The molecular weight excluding hydrogens is 325 g/mol. The summed E-state index contributed by atoms with van der Waals surface area (Å²) in [5.74, 6) is -1.58. The average molecular weight is 349 g/mol. The molecule has 1 aromatic carbocycles. The van der Waals surface area contributed by atoms with Gasteiger partial charge < -0.3 is 15.1 Å². The average Bonchev–Trinajstić information content (AvgIpc) is 2.63. The Labute approximate surface area is 146 Å². The van der Waals surface area contributed by atoms with Crippen LogP contribution in [0.15, 0.2) is 24.3 Å². The Bertz CT molecular complexity index is 644. The minimum atomic E-state index is -1.74. The molecule has 2 N–H and O–H groups in total. The van der Waals surface area contributed by atoms with Crippen LogP contribution in [0.25, 0.3) is 0 Å². The second-order valence-electron chi connectivity index (χ2n) is 7.28. The molecule has 1 saturated carbocycles. The van der Waals surface area contributed by atoms with Crippen molar-refractivity contribution in [3.63, 3.8) is 0 Å². The van der Waals surface area contributed by atoms with Crippen LogP contribution in [0.1, 0.15) is 50.5 Å². The molecule has 136 valence electrons. The summed E-state index contributed by atoms with van der Waals surface area (Å²) >= 11 is 0. The van der Waals surface area contributed by atoms with Crippen molar-refractivity contribution in [3.8, 4) is 0 Å². The maximum atomic E-state index is 13.3. The van der Waals surface area contributed by atoms with Crippen molar-refractivity contribution >= 4 is 11.9 Å². The Morgan fingerprint density at radius 2 is 1.52 bits per heavy atom. The molecule has 2 aliphatic rings. The van der Waals surface area contributed by atoms with Crippen LogP contribution in [-0.2, 0) is 15.0 Å². The van der Waals surface area contributed by atoms with E-state index < -0.39 is 17.0 Å². The van der Waals surface area contributed by atoms with Gasteiger partial charge in [0.1, 0.15) is 5.82 Å². The summed E-state index contributed by atoms with van der Waals surface area (Å²) < 4.78 is 13.3. The first kappa shape index (κ1) is 17.9. The van der Waals surface area contributed by atoms with Gasteiger partial charge in [0.25, 0.3) is 0 Å². The zero-order valence-corrected chi connectivity index (χ0v) is 14.2. The Morgan fingerprint density at radius 1 is 0.960 bits per heavy atom.